The second-order valence-corrected chi connectivity index (χ2v) is 5.06. The van der Waals surface area contributed by atoms with Crippen LogP contribution in [-0.4, -0.2) is 0 Å². The van der Waals surface area contributed by atoms with Crippen LogP contribution in [0.5, 0.6) is 0 Å². The first-order valence-corrected chi connectivity index (χ1v) is 8.89. The Hall–Kier alpha value is -0.780. The van der Waals surface area contributed by atoms with E-state index in [4.69, 9.17) is 0 Å². The van der Waals surface area contributed by atoms with Gasteiger partial charge in [-0.25, -0.2) is 0 Å². The maximum absolute atomic E-state index is 4.25. The molecule has 2 aliphatic carbocycles. The SMILES string of the molecule is C=C1CCC/C1=C(\CC)C1=C(CC)CCC1.CC.CC. The van der Waals surface area contributed by atoms with Gasteiger partial charge in [-0.05, 0) is 68.1 Å². The Bertz CT molecular complexity index is 352. The van der Waals surface area contributed by atoms with Gasteiger partial charge < -0.3 is 0 Å². The Balaban J connectivity index is 0.000000829. The van der Waals surface area contributed by atoms with Crippen LogP contribution < -0.4 is 0 Å². The van der Waals surface area contributed by atoms with Gasteiger partial charge >= 0.3 is 0 Å². The van der Waals surface area contributed by atoms with E-state index in [1.165, 1.54) is 56.9 Å². The molecule has 1 fully saturated rings. The Kier molecular flexibility index (Phi) is 10.5. The van der Waals surface area contributed by atoms with Crippen molar-refractivity contribution < 1.29 is 0 Å². The van der Waals surface area contributed by atoms with Crippen molar-refractivity contribution in [3.63, 3.8) is 0 Å². The minimum atomic E-state index is 1.20. The van der Waals surface area contributed by atoms with Gasteiger partial charge in [-0.1, -0.05) is 59.3 Å². The summed E-state index contributed by atoms with van der Waals surface area (Å²) in [5.41, 5.74) is 8.14. The minimum Gasteiger partial charge on any atom is -0.0955 e. The molecule has 0 unspecified atom stereocenters. The predicted octanol–water partition coefficient (Wildman–Crippen LogP) is 7.38. The number of hydrogen-bond donors (Lipinski definition) is 0. The molecule has 0 bridgehead atoms. The summed E-state index contributed by atoms with van der Waals surface area (Å²) in [5, 5.41) is 0. The van der Waals surface area contributed by atoms with Gasteiger partial charge in [0.15, 0.2) is 0 Å². The normalized spacial score (nSPS) is 20.2. The van der Waals surface area contributed by atoms with Gasteiger partial charge in [-0.15, -0.1) is 0 Å². The Morgan fingerprint density at radius 2 is 1.50 bits per heavy atom. The maximum atomic E-state index is 4.25. The van der Waals surface area contributed by atoms with E-state index in [1.807, 2.05) is 27.7 Å². The topological polar surface area (TPSA) is 0 Å². The van der Waals surface area contributed by atoms with Crippen LogP contribution in [0.15, 0.2) is 34.4 Å². The van der Waals surface area contributed by atoms with Crippen LogP contribution in [0.25, 0.3) is 0 Å². The van der Waals surface area contributed by atoms with Gasteiger partial charge in [0.25, 0.3) is 0 Å². The van der Waals surface area contributed by atoms with Gasteiger partial charge in [0.1, 0.15) is 0 Å². The summed E-state index contributed by atoms with van der Waals surface area (Å²) < 4.78 is 0. The van der Waals surface area contributed by atoms with Gasteiger partial charge in [-0.2, -0.15) is 0 Å². The largest absolute Gasteiger partial charge is 0.0955 e. The molecule has 0 radical (unpaired) electrons. The van der Waals surface area contributed by atoms with E-state index in [0.717, 1.165) is 0 Å². The van der Waals surface area contributed by atoms with E-state index in [2.05, 4.69) is 20.4 Å². The quantitative estimate of drug-likeness (QED) is 0.504. The lowest BCUT2D eigenvalue weighted by molar-refractivity contribution is 0.870. The van der Waals surface area contributed by atoms with E-state index in [-0.39, 0.29) is 0 Å². The lowest BCUT2D eigenvalue weighted by atomic mass is 9.92. The van der Waals surface area contributed by atoms with Crippen molar-refractivity contribution in [2.75, 3.05) is 0 Å². The Labute approximate surface area is 128 Å². The second-order valence-electron chi connectivity index (χ2n) is 5.06. The molecule has 0 heterocycles. The summed E-state index contributed by atoms with van der Waals surface area (Å²) in [7, 11) is 0. The first-order valence-electron chi connectivity index (χ1n) is 8.89. The van der Waals surface area contributed by atoms with Crippen molar-refractivity contribution in [2.45, 2.75) is 92.9 Å². The molecule has 0 aliphatic heterocycles. The van der Waals surface area contributed by atoms with Gasteiger partial charge in [-0.3, -0.25) is 0 Å². The average Bonchev–Trinajstić information content (AvgIpc) is 3.14. The first kappa shape index (κ1) is 19.2. The van der Waals surface area contributed by atoms with Crippen molar-refractivity contribution in [2.24, 2.45) is 0 Å². The molecule has 2 aliphatic rings. The fraction of sp³-hybridized carbons (Fsp3) is 0.700. The van der Waals surface area contributed by atoms with E-state index in [0.29, 0.717) is 0 Å². The van der Waals surface area contributed by atoms with E-state index in [1.54, 1.807) is 22.3 Å². The van der Waals surface area contributed by atoms with Crippen LogP contribution in [0, 0.1) is 0 Å². The molecule has 0 heteroatoms. The van der Waals surface area contributed by atoms with Crippen LogP contribution in [0.4, 0.5) is 0 Å². The fourth-order valence-corrected chi connectivity index (χ4v) is 3.34. The highest BCUT2D eigenvalue weighted by molar-refractivity contribution is 5.48. The van der Waals surface area contributed by atoms with Crippen LogP contribution in [-0.2, 0) is 0 Å². The third-order valence-corrected chi connectivity index (χ3v) is 4.17. The second kappa shape index (κ2) is 10.9. The van der Waals surface area contributed by atoms with Gasteiger partial charge in [0, 0.05) is 0 Å². The highest BCUT2D eigenvalue weighted by atomic mass is 14.3. The summed E-state index contributed by atoms with van der Waals surface area (Å²) in [4.78, 5) is 0. The van der Waals surface area contributed by atoms with Crippen LogP contribution in [0.2, 0.25) is 0 Å². The van der Waals surface area contributed by atoms with Crippen molar-refractivity contribution in [1.29, 1.82) is 0 Å². The molecular weight excluding hydrogens is 240 g/mol. The zero-order valence-corrected chi connectivity index (χ0v) is 14.9. The molecule has 20 heavy (non-hydrogen) atoms. The molecule has 0 aromatic carbocycles. The molecule has 0 saturated heterocycles. The lowest BCUT2D eigenvalue weighted by Gasteiger charge is -2.14. The van der Waals surface area contributed by atoms with E-state index >= 15 is 0 Å². The van der Waals surface area contributed by atoms with Crippen LogP contribution >= 0.6 is 0 Å². The zero-order chi connectivity index (χ0) is 15.5. The van der Waals surface area contributed by atoms with E-state index < -0.39 is 0 Å². The van der Waals surface area contributed by atoms with Crippen molar-refractivity contribution >= 4 is 0 Å². The lowest BCUT2D eigenvalue weighted by Crippen LogP contribution is -1.94. The molecule has 0 spiro atoms. The van der Waals surface area contributed by atoms with Crippen LogP contribution in [0.1, 0.15) is 92.9 Å². The highest BCUT2D eigenvalue weighted by Crippen LogP contribution is 2.41. The summed E-state index contributed by atoms with van der Waals surface area (Å²) >= 11 is 0. The van der Waals surface area contributed by atoms with E-state index in [9.17, 15) is 0 Å². The Morgan fingerprint density at radius 1 is 0.900 bits per heavy atom. The summed E-state index contributed by atoms with van der Waals surface area (Å²) in [6.45, 7) is 16.9. The fourth-order valence-electron chi connectivity index (χ4n) is 3.34. The molecule has 0 aromatic heterocycles. The highest BCUT2D eigenvalue weighted by Gasteiger charge is 2.21. The summed E-state index contributed by atoms with van der Waals surface area (Å²) in [5.74, 6) is 0. The third-order valence-electron chi connectivity index (χ3n) is 4.17. The smallest absolute Gasteiger partial charge is 0.0270 e. The third kappa shape index (κ3) is 4.65. The maximum Gasteiger partial charge on any atom is -0.0270 e. The van der Waals surface area contributed by atoms with Crippen molar-refractivity contribution in [3.8, 4) is 0 Å². The molecule has 0 aromatic rings. The summed E-state index contributed by atoms with van der Waals surface area (Å²) in [6, 6.07) is 0. The molecule has 116 valence electrons. The molecule has 0 nitrogen and oxygen atoms in total. The molecule has 1 saturated carbocycles. The average molecular weight is 277 g/mol. The van der Waals surface area contributed by atoms with Gasteiger partial charge in [0.2, 0.25) is 0 Å². The van der Waals surface area contributed by atoms with Crippen LogP contribution in [0.3, 0.4) is 0 Å². The van der Waals surface area contributed by atoms with Crippen molar-refractivity contribution in [3.05, 3.63) is 34.4 Å². The molecule has 2 rings (SSSR count). The minimum absolute atomic E-state index is 1.20. The monoisotopic (exact) mass is 276 g/mol. The number of rotatable bonds is 3. The summed E-state index contributed by atoms with van der Waals surface area (Å²) in [6.07, 6.45) is 10.3. The van der Waals surface area contributed by atoms with Crippen molar-refractivity contribution in [1.82, 2.24) is 0 Å². The molecule has 0 atom stereocenters. The number of allylic oxidation sites excluding steroid dienone is 5. The first-order chi connectivity index (χ1) is 9.77. The molecule has 0 N–H and O–H groups in total. The Morgan fingerprint density at radius 3 is 1.95 bits per heavy atom. The number of hydrogen-bond acceptors (Lipinski definition) is 0. The molecular formula is C20H36. The zero-order valence-electron chi connectivity index (χ0n) is 14.9. The standard InChI is InChI=1S/C16H24.2C2H6/c1-4-13-9-7-11-16(13)14(5-2)15-10-6-8-12(15)3;2*1-2/h3-11H2,1-2H3;2*1-2H3/b15-14-;;. The predicted molar refractivity (Wildman–Crippen MR) is 94.2 cm³/mol. The molecule has 0 amide bonds. The van der Waals surface area contributed by atoms with Gasteiger partial charge in [0.05, 0.1) is 0 Å².